The van der Waals surface area contributed by atoms with Gasteiger partial charge in [0.25, 0.3) is 0 Å². The van der Waals surface area contributed by atoms with Crippen LogP contribution in [0.15, 0.2) is 30.5 Å². The lowest BCUT2D eigenvalue weighted by molar-refractivity contribution is -0.113. The molecule has 9 heteroatoms. The molecule has 0 radical (unpaired) electrons. The molecule has 1 atom stereocenters. The second kappa shape index (κ2) is 8.37. The molecule has 0 aliphatic rings. The average Bonchev–Trinajstić information content (AvgIpc) is 2.47. The van der Waals surface area contributed by atoms with Crippen LogP contribution in [0.2, 0.25) is 0 Å². The van der Waals surface area contributed by atoms with E-state index >= 15 is 0 Å². The standard InChI is InChI=1S/C18H26N4O3P2/c1-13-6-7-15(10-16(13)22-18-19-9-8-14(2)20-18)21-17(23)11-27(5,25)12-26(3,4)24/h6-10H,11-12H2,1-5H3,(H,21,23)(H,19,20,22). The molecule has 2 N–H and O–H groups in total. The highest BCUT2D eigenvalue weighted by molar-refractivity contribution is 7.80. The molecule has 1 aromatic carbocycles. The lowest BCUT2D eigenvalue weighted by Gasteiger charge is -2.16. The summed E-state index contributed by atoms with van der Waals surface area (Å²) in [5.41, 5.74) is 3.16. The summed E-state index contributed by atoms with van der Waals surface area (Å²) in [6, 6.07) is 7.24. The number of amides is 1. The largest absolute Gasteiger partial charge is 0.326 e. The lowest BCUT2D eigenvalue weighted by atomic mass is 10.2. The molecular weight excluding hydrogens is 382 g/mol. The zero-order valence-corrected chi connectivity index (χ0v) is 18.1. The maximum Gasteiger partial charge on any atom is 0.231 e. The predicted molar refractivity (Wildman–Crippen MR) is 113 cm³/mol. The van der Waals surface area contributed by atoms with Crippen molar-refractivity contribution in [1.29, 1.82) is 0 Å². The van der Waals surface area contributed by atoms with Crippen LogP contribution in [0.25, 0.3) is 0 Å². The van der Waals surface area contributed by atoms with Gasteiger partial charge in [-0.1, -0.05) is 6.07 Å². The van der Waals surface area contributed by atoms with E-state index in [4.69, 9.17) is 0 Å². The monoisotopic (exact) mass is 408 g/mol. The molecule has 0 saturated heterocycles. The smallest absolute Gasteiger partial charge is 0.231 e. The molecule has 146 valence electrons. The van der Waals surface area contributed by atoms with Gasteiger partial charge in [0.1, 0.15) is 7.14 Å². The van der Waals surface area contributed by atoms with Crippen LogP contribution in [0.1, 0.15) is 11.3 Å². The van der Waals surface area contributed by atoms with Crippen LogP contribution in [-0.4, -0.2) is 47.9 Å². The van der Waals surface area contributed by atoms with E-state index in [2.05, 4.69) is 20.6 Å². The molecule has 1 amide bonds. The Morgan fingerprint density at radius 1 is 1.11 bits per heavy atom. The molecule has 0 aliphatic carbocycles. The van der Waals surface area contributed by atoms with Crippen LogP contribution in [0.3, 0.4) is 0 Å². The molecular formula is C18H26N4O3P2. The number of anilines is 3. The van der Waals surface area contributed by atoms with Gasteiger partial charge < -0.3 is 19.8 Å². The maximum absolute atomic E-state index is 12.6. The molecule has 0 saturated carbocycles. The number of rotatable bonds is 7. The van der Waals surface area contributed by atoms with Crippen molar-refractivity contribution in [2.75, 3.05) is 42.7 Å². The Morgan fingerprint density at radius 2 is 1.81 bits per heavy atom. The molecule has 1 unspecified atom stereocenters. The van der Waals surface area contributed by atoms with Gasteiger partial charge in [-0.15, -0.1) is 0 Å². The molecule has 0 spiro atoms. The minimum atomic E-state index is -2.80. The first-order chi connectivity index (χ1) is 12.4. The molecule has 27 heavy (non-hydrogen) atoms. The van der Waals surface area contributed by atoms with Crippen LogP contribution >= 0.6 is 14.3 Å². The minimum absolute atomic E-state index is 0.0961. The van der Waals surface area contributed by atoms with Crippen molar-refractivity contribution in [2.24, 2.45) is 0 Å². The van der Waals surface area contributed by atoms with E-state index < -0.39 is 14.3 Å². The van der Waals surface area contributed by atoms with E-state index in [1.165, 1.54) is 6.66 Å². The topological polar surface area (TPSA) is 101 Å². The number of nitrogens with one attached hydrogen (secondary N) is 2. The number of hydrogen-bond donors (Lipinski definition) is 2. The second-order valence-corrected chi connectivity index (χ2v) is 14.6. The second-order valence-electron chi connectivity index (χ2n) is 7.39. The first-order valence-electron chi connectivity index (χ1n) is 8.50. The summed E-state index contributed by atoms with van der Waals surface area (Å²) >= 11 is 0. The van der Waals surface area contributed by atoms with Gasteiger partial charge in [0.15, 0.2) is 0 Å². The fraction of sp³-hybridized carbons (Fsp3) is 0.389. The summed E-state index contributed by atoms with van der Waals surface area (Å²) in [7, 11) is -5.25. The van der Waals surface area contributed by atoms with Crippen molar-refractivity contribution in [3.63, 3.8) is 0 Å². The summed E-state index contributed by atoms with van der Waals surface area (Å²) in [4.78, 5) is 20.8. The lowest BCUT2D eigenvalue weighted by Crippen LogP contribution is -2.17. The maximum atomic E-state index is 12.6. The molecule has 1 aromatic heterocycles. The molecule has 2 aromatic rings. The SMILES string of the molecule is Cc1ccnc(Nc2cc(NC(=O)CP(C)(=O)CP(C)(C)=O)ccc2C)n1. The number of nitrogens with zero attached hydrogens (tertiary/aromatic N) is 2. The fourth-order valence-electron chi connectivity index (χ4n) is 2.74. The van der Waals surface area contributed by atoms with Crippen molar-refractivity contribution in [3.05, 3.63) is 41.7 Å². The van der Waals surface area contributed by atoms with Crippen molar-refractivity contribution in [1.82, 2.24) is 9.97 Å². The Bertz CT molecular complexity index is 940. The Morgan fingerprint density at radius 3 is 2.44 bits per heavy atom. The van der Waals surface area contributed by atoms with Gasteiger partial charge in [0.05, 0.1) is 19.2 Å². The van der Waals surface area contributed by atoms with Gasteiger partial charge in [0.2, 0.25) is 11.9 Å². The van der Waals surface area contributed by atoms with Gasteiger partial charge in [-0.05, 0) is 57.6 Å². The summed E-state index contributed by atoms with van der Waals surface area (Å²) in [6.07, 6.45) is 1.54. The molecule has 7 nitrogen and oxygen atoms in total. The summed E-state index contributed by atoms with van der Waals surface area (Å²) in [6.45, 7) is 8.52. The highest BCUT2D eigenvalue weighted by atomic mass is 31.2. The number of carbonyl (C=O) groups excluding carboxylic acids is 1. The third-order valence-electron chi connectivity index (χ3n) is 3.68. The number of hydrogen-bond acceptors (Lipinski definition) is 6. The molecule has 0 aliphatic heterocycles. The first-order valence-corrected chi connectivity index (χ1v) is 13.8. The average molecular weight is 408 g/mol. The number of benzene rings is 1. The minimum Gasteiger partial charge on any atom is -0.326 e. The normalized spacial score (nSPS) is 13.7. The zero-order valence-electron chi connectivity index (χ0n) is 16.3. The van der Waals surface area contributed by atoms with Gasteiger partial charge in [-0.3, -0.25) is 4.79 Å². The number of aryl methyl sites for hydroxylation is 2. The van der Waals surface area contributed by atoms with Crippen molar-refractivity contribution in [2.45, 2.75) is 13.8 Å². The third-order valence-corrected chi connectivity index (χ3v) is 9.75. The van der Waals surface area contributed by atoms with Gasteiger partial charge in [0, 0.05) is 23.3 Å². The highest BCUT2D eigenvalue weighted by Gasteiger charge is 2.26. The zero-order chi connectivity index (χ0) is 20.2. The van der Waals surface area contributed by atoms with Gasteiger partial charge in [-0.2, -0.15) is 0 Å². The van der Waals surface area contributed by atoms with E-state index in [0.29, 0.717) is 11.6 Å². The van der Waals surface area contributed by atoms with E-state index in [0.717, 1.165) is 16.9 Å². The van der Waals surface area contributed by atoms with Gasteiger partial charge >= 0.3 is 0 Å². The van der Waals surface area contributed by atoms with Crippen LogP contribution in [-0.2, 0) is 13.9 Å². The van der Waals surface area contributed by atoms with E-state index in [9.17, 15) is 13.9 Å². The highest BCUT2D eigenvalue weighted by Crippen LogP contribution is 2.55. The van der Waals surface area contributed by atoms with Gasteiger partial charge in [-0.25, -0.2) is 9.97 Å². The van der Waals surface area contributed by atoms with E-state index in [-0.39, 0.29) is 18.0 Å². The van der Waals surface area contributed by atoms with E-state index in [1.54, 1.807) is 31.7 Å². The molecule has 0 fully saturated rings. The predicted octanol–water partition coefficient (Wildman–Crippen LogP) is 4.35. The van der Waals surface area contributed by atoms with Crippen LogP contribution in [0.5, 0.6) is 0 Å². The Balaban J connectivity index is 2.10. The Kier molecular flexibility index (Phi) is 6.61. The van der Waals surface area contributed by atoms with Crippen LogP contribution < -0.4 is 10.6 Å². The van der Waals surface area contributed by atoms with Crippen molar-refractivity contribution < 1.29 is 13.9 Å². The third kappa shape index (κ3) is 7.28. The molecule has 1 heterocycles. The number of carbonyl (C=O) groups is 1. The van der Waals surface area contributed by atoms with Crippen LogP contribution in [0.4, 0.5) is 17.3 Å². The molecule has 0 bridgehead atoms. The van der Waals surface area contributed by atoms with Crippen LogP contribution in [0, 0.1) is 13.8 Å². The van der Waals surface area contributed by atoms with E-state index in [1.807, 2.05) is 26.0 Å². The van der Waals surface area contributed by atoms with Crippen molar-refractivity contribution >= 4 is 37.5 Å². The summed E-state index contributed by atoms with van der Waals surface area (Å²) in [5.74, 6) is 0.218. The molecule has 2 rings (SSSR count). The summed E-state index contributed by atoms with van der Waals surface area (Å²) in [5, 5.41) is 5.91. The fourth-order valence-corrected chi connectivity index (χ4v) is 9.59. The summed E-state index contributed by atoms with van der Waals surface area (Å²) < 4.78 is 24.5. The first kappa shape index (κ1) is 21.3. The Hall–Kier alpha value is -1.97. The Labute approximate surface area is 160 Å². The quantitative estimate of drug-likeness (QED) is 0.661. The number of aromatic nitrogens is 2. The van der Waals surface area contributed by atoms with Crippen molar-refractivity contribution in [3.8, 4) is 0 Å².